The highest BCUT2D eigenvalue weighted by Gasteiger charge is 2.26. The number of amides is 1. The summed E-state index contributed by atoms with van der Waals surface area (Å²) in [4.78, 5) is 23.7. The van der Waals surface area contributed by atoms with Gasteiger partial charge in [-0.3, -0.25) is 9.36 Å². The molecule has 0 unspecified atom stereocenters. The molecule has 2 aromatic heterocycles. The Hall–Kier alpha value is -3.02. The normalized spacial score (nSPS) is 17.1. The summed E-state index contributed by atoms with van der Waals surface area (Å²) in [7, 11) is 0. The molecule has 0 saturated carbocycles. The Morgan fingerprint density at radius 2 is 2.00 bits per heavy atom. The largest absolute Gasteiger partial charge is 0.338 e. The molecule has 3 heterocycles. The van der Waals surface area contributed by atoms with E-state index in [1.54, 1.807) is 18.3 Å². The average Bonchev–Trinajstić information content (AvgIpc) is 3.14. The van der Waals surface area contributed by atoms with E-state index in [1.165, 1.54) is 12.1 Å². The molecule has 1 aromatic carbocycles. The highest BCUT2D eigenvalue weighted by Crippen LogP contribution is 2.27. The molecule has 138 valence electrons. The van der Waals surface area contributed by atoms with Crippen LogP contribution in [0.2, 0.25) is 0 Å². The fourth-order valence-corrected chi connectivity index (χ4v) is 3.60. The van der Waals surface area contributed by atoms with E-state index < -0.39 is 0 Å². The van der Waals surface area contributed by atoms with Crippen LogP contribution < -0.4 is 0 Å². The van der Waals surface area contributed by atoms with E-state index in [4.69, 9.17) is 4.98 Å². The van der Waals surface area contributed by atoms with Crippen LogP contribution in [0.4, 0.5) is 4.39 Å². The van der Waals surface area contributed by atoms with Crippen molar-refractivity contribution in [3.63, 3.8) is 0 Å². The smallest absolute Gasteiger partial charge is 0.253 e. The predicted octanol–water partition coefficient (Wildman–Crippen LogP) is 3.73. The maximum Gasteiger partial charge on any atom is 0.253 e. The fraction of sp³-hybridized carbons (Fsp3) is 0.286. The number of piperidine rings is 1. The van der Waals surface area contributed by atoms with Crippen LogP contribution in [0.25, 0.3) is 5.82 Å². The summed E-state index contributed by atoms with van der Waals surface area (Å²) < 4.78 is 15.1. The van der Waals surface area contributed by atoms with Crippen molar-refractivity contribution in [1.82, 2.24) is 19.4 Å². The van der Waals surface area contributed by atoms with Crippen LogP contribution in [-0.4, -0.2) is 38.4 Å². The van der Waals surface area contributed by atoms with Crippen LogP contribution in [0.15, 0.2) is 54.9 Å². The summed E-state index contributed by atoms with van der Waals surface area (Å²) >= 11 is 0. The molecule has 0 aliphatic carbocycles. The molecule has 1 fully saturated rings. The summed E-state index contributed by atoms with van der Waals surface area (Å²) in [5.41, 5.74) is 1.50. The Morgan fingerprint density at radius 3 is 2.74 bits per heavy atom. The number of hydrogen-bond acceptors (Lipinski definition) is 3. The van der Waals surface area contributed by atoms with Crippen LogP contribution >= 0.6 is 0 Å². The van der Waals surface area contributed by atoms with Gasteiger partial charge in [0.25, 0.3) is 5.91 Å². The summed E-state index contributed by atoms with van der Waals surface area (Å²) in [5.74, 6) is 1.52. The third-order valence-corrected chi connectivity index (χ3v) is 5.05. The van der Waals surface area contributed by atoms with Crippen LogP contribution in [0.5, 0.6) is 0 Å². The lowest BCUT2D eigenvalue weighted by molar-refractivity contribution is 0.0706. The molecule has 1 aliphatic heterocycles. The minimum absolute atomic E-state index is 0.0543. The Morgan fingerprint density at radius 1 is 1.19 bits per heavy atom. The van der Waals surface area contributed by atoms with Crippen LogP contribution in [-0.2, 0) is 0 Å². The number of imidazole rings is 1. The van der Waals surface area contributed by atoms with Crippen molar-refractivity contribution in [2.24, 2.45) is 0 Å². The van der Waals surface area contributed by atoms with Gasteiger partial charge in [-0.1, -0.05) is 6.07 Å². The molecule has 0 spiro atoms. The first-order chi connectivity index (χ1) is 13.1. The Balaban J connectivity index is 1.54. The maximum absolute atomic E-state index is 13.1. The molecule has 1 amide bonds. The second-order valence-electron chi connectivity index (χ2n) is 6.86. The van der Waals surface area contributed by atoms with Gasteiger partial charge in [-0.2, -0.15) is 0 Å². The molecule has 0 radical (unpaired) electrons. The van der Waals surface area contributed by atoms with Gasteiger partial charge in [0.15, 0.2) is 0 Å². The van der Waals surface area contributed by atoms with Gasteiger partial charge >= 0.3 is 0 Å². The fourth-order valence-electron chi connectivity index (χ4n) is 3.60. The number of carbonyl (C=O) groups is 1. The maximum atomic E-state index is 13.1. The number of nitrogens with zero attached hydrogens (tertiary/aromatic N) is 4. The number of likely N-dealkylation sites (tertiary alicyclic amines) is 1. The summed E-state index contributed by atoms with van der Waals surface area (Å²) in [6, 6.07) is 11.7. The third-order valence-electron chi connectivity index (χ3n) is 5.05. The van der Waals surface area contributed by atoms with Crippen LogP contribution in [0, 0.1) is 12.7 Å². The van der Waals surface area contributed by atoms with Gasteiger partial charge in [-0.05, 0) is 56.2 Å². The summed E-state index contributed by atoms with van der Waals surface area (Å²) in [6.07, 6.45) is 5.57. The molecule has 0 N–H and O–H groups in total. The van der Waals surface area contributed by atoms with Crippen molar-refractivity contribution in [1.29, 1.82) is 0 Å². The van der Waals surface area contributed by atoms with Crippen LogP contribution in [0.1, 0.15) is 40.6 Å². The van der Waals surface area contributed by atoms with Crippen molar-refractivity contribution in [3.8, 4) is 5.82 Å². The van der Waals surface area contributed by atoms with Gasteiger partial charge in [-0.15, -0.1) is 0 Å². The SMILES string of the molecule is Cc1nccn1-c1cccc([C@@H]2CCCN(C(=O)c3ccc(F)cc3)C2)n1. The third kappa shape index (κ3) is 3.60. The minimum Gasteiger partial charge on any atom is -0.338 e. The molecule has 1 saturated heterocycles. The van der Waals surface area contributed by atoms with E-state index in [-0.39, 0.29) is 17.6 Å². The lowest BCUT2D eigenvalue weighted by atomic mass is 9.93. The number of pyridine rings is 1. The predicted molar refractivity (Wildman–Crippen MR) is 100 cm³/mol. The number of rotatable bonds is 3. The molecule has 27 heavy (non-hydrogen) atoms. The lowest BCUT2D eigenvalue weighted by Gasteiger charge is -2.32. The number of hydrogen-bond donors (Lipinski definition) is 0. The number of benzene rings is 1. The second-order valence-corrected chi connectivity index (χ2v) is 6.86. The quantitative estimate of drug-likeness (QED) is 0.711. The number of carbonyl (C=O) groups excluding carboxylic acids is 1. The topological polar surface area (TPSA) is 51.0 Å². The summed E-state index contributed by atoms with van der Waals surface area (Å²) in [6.45, 7) is 3.28. The molecule has 4 rings (SSSR count). The van der Waals surface area contributed by atoms with Crippen molar-refractivity contribution in [2.45, 2.75) is 25.7 Å². The minimum atomic E-state index is -0.334. The summed E-state index contributed by atoms with van der Waals surface area (Å²) in [5, 5.41) is 0. The Kier molecular flexibility index (Phi) is 4.71. The van der Waals surface area contributed by atoms with E-state index in [9.17, 15) is 9.18 Å². The molecular formula is C21H21FN4O. The van der Waals surface area contributed by atoms with Gasteiger partial charge in [0.1, 0.15) is 17.5 Å². The first-order valence-corrected chi connectivity index (χ1v) is 9.14. The van der Waals surface area contributed by atoms with E-state index >= 15 is 0 Å². The number of halogens is 1. The van der Waals surface area contributed by atoms with Crippen molar-refractivity contribution < 1.29 is 9.18 Å². The van der Waals surface area contributed by atoms with Gasteiger partial charge in [0.05, 0.1) is 0 Å². The van der Waals surface area contributed by atoms with Crippen molar-refractivity contribution >= 4 is 5.91 Å². The first kappa shape index (κ1) is 17.4. The zero-order valence-electron chi connectivity index (χ0n) is 15.2. The van der Waals surface area contributed by atoms with E-state index in [1.807, 2.05) is 40.8 Å². The number of aromatic nitrogens is 3. The average molecular weight is 364 g/mol. The number of aryl methyl sites for hydroxylation is 1. The first-order valence-electron chi connectivity index (χ1n) is 9.14. The van der Waals surface area contributed by atoms with Gasteiger partial charge in [0, 0.05) is 42.7 Å². The zero-order valence-corrected chi connectivity index (χ0v) is 15.2. The molecule has 6 heteroatoms. The second kappa shape index (κ2) is 7.31. The molecular weight excluding hydrogens is 343 g/mol. The van der Waals surface area contributed by atoms with E-state index in [0.717, 1.165) is 30.2 Å². The molecule has 1 atom stereocenters. The van der Waals surface area contributed by atoms with Gasteiger partial charge in [0.2, 0.25) is 0 Å². The van der Waals surface area contributed by atoms with Gasteiger partial charge < -0.3 is 4.90 Å². The Bertz CT molecular complexity index is 951. The van der Waals surface area contributed by atoms with Crippen LogP contribution in [0.3, 0.4) is 0 Å². The molecule has 5 nitrogen and oxygen atoms in total. The standard InChI is InChI=1S/C21H21FN4O/c1-15-23-11-13-26(15)20-6-2-5-19(24-20)17-4-3-12-25(14-17)21(27)16-7-9-18(22)10-8-16/h2,5-11,13,17H,3-4,12,14H2,1H3/t17-/m1/s1. The van der Waals surface area contributed by atoms with Crippen molar-refractivity contribution in [2.75, 3.05) is 13.1 Å². The monoisotopic (exact) mass is 364 g/mol. The molecule has 0 bridgehead atoms. The lowest BCUT2D eigenvalue weighted by Crippen LogP contribution is -2.39. The van der Waals surface area contributed by atoms with Crippen molar-refractivity contribution in [3.05, 3.63) is 77.8 Å². The van der Waals surface area contributed by atoms with Gasteiger partial charge in [-0.25, -0.2) is 14.4 Å². The zero-order chi connectivity index (χ0) is 18.8. The van der Waals surface area contributed by atoms with E-state index in [0.29, 0.717) is 18.7 Å². The highest BCUT2D eigenvalue weighted by atomic mass is 19.1. The highest BCUT2D eigenvalue weighted by molar-refractivity contribution is 5.94. The molecule has 1 aliphatic rings. The van der Waals surface area contributed by atoms with E-state index in [2.05, 4.69) is 4.98 Å². The molecule has 3 aromatic rings. The Labute approximate surface area is 157 Å².